The molecule has 0 aliphatic rings. The number of rotatable bonds is 8. The van der Waals surface area contributed by atoms with Gasteiger partial charge in [-0.25, -0.2) is 4.98 Å². The molecule has 0 radical (unpaired) electrons. The van der Waals surface area contributed by atoms with E-state index in [9.17, 15) is 4.79 Å². The van der Waals surface area contributed by atoms with Gasteiger partial charge in [0.05, 0.1) is 37.7 Å². The van der Waals surface area contributed by atoms with E-state index >= 15 is 0 Å². The fraction of sp³-hybridized carbons (Fsp3) is 0.391. The number of amides is 1. The highest BCUT2D eigenvalue weighted by Gasteiger charge is 2.19. The number of imidazole rings is 1. The summed E-state index contributed by atoms with van der Waals surface area (Å²) in [7, 11) is 3.18. The molecular weight excluding hydrogens is 366 g/mol. The Balaban J connectivity index is 1.78. The van der Waals surface area contributed by atoms with E-state index in [1.54, 1.807) is 14.2 Å². The average molecular weight is 396 g/mol. The van der Waals surface area contributed by atoms with Crippen LogP contribution in [0.25, 0.3) is 11.0 Å². The molecule has 0 fully saturated rings. The molecule has 1 heterocycles. The highest BCUT2D eigenvalue weighted by Crippen LogP contribution is 2.28. The Morgan fingerprint density at radius 1 is 1.07 bits per heavy atom. The fourth-order valence-corrected chi connectivity index (χ4v) is 3.51. The lowest BCUT2D eigenvalue weighted by molar-refractivity contribution is -0.121. The molecule has 1 aromatic heterocycles. The maximum absolute atomic E-state index is 12.7. The van der Waals surface area contributed by atoms with Crippen LogP contribution in [0.5, 0.6) is 11.5 Å². The summed E-state index contributed by atoms with van der Waals surface area (Å²) in [4.78, 5) is 17.5. The van der Waals surface area contributed by atoms with Crippen LogP contribution in [0.15, 0.2) is 42.5 Å². The van der Waals surface area contributed by atoms with Gasteiger partial charge in [0.1, 0.15) is 5.82 Å². The Morgan fingerprint density at radius 3 is 2.48 bits per heavy atom. The van der Waals surface area contributed by atoms with Gasteiger partial charge in [0.25, 0.3) is 0 Å². The summed E-state index contributed by atoms with van der Waals surface area (Å²) in [6.45, 7) is 7.19. The lowest BCUT2D eigenvalue weighted by atomic mass is 10.1. The number of benzene rings is 2. The van der Waals surface area contributed by atoms with Crippen LogP contribution < -0.4 is 14.8 Å². The van der Waals surface area contributed by atoms with Gasteiger partial charge in [-0.3, -0.25) is 4.79 Å². The number of carbonyl (C=O) groups is 1. The van der Waals surface area contributed by atoms with E-state index in [0.29, 0.717) is 17.4 Å². The number of hydrogen-bond acceptors (Lipinski definition) is 4. The zero-order valence-electron chi connectivity index (χ0n) is 17.7. The highest BCUT2D eigenvalue weighted by atomic mass is 16.5. The van der Waals surface area contributed by atoms with Gasteiger partial charge in [0.2, 0.25) is 5.91 Å². The van der Waals surface area contributed by atoms with E-state index < -0.39 is 0 Å². The Kier molecular flexibility index (Phi) is 6.42. The van der Waals surface area contributed by atoms with Crippen molar-refractivity contribution >= 4 is 16.9 Å². The molecule has 6 heteroatoms. The molecule has 29 heavy (non-hydrogen) atoms. The molecule has 2 aromatic carbocycles. The van der Waals surface area contributed by atoms with Crippen molar-refractivity contribution in [2.24, 2.45) is 5.92 Å². The second kappa shape index (κ2) is 8.99. The molecule has 0 saturated heterocycles. The average Bonchev–Trinajstić information content (AvgIpc) is 3.06. The molecule has 1 atom stereocenters. The lowest BCUT2D eigenvalue weighted by Crippen LogP contribution is -2.30. The van der Waals surface area contributed by atoms with Gasteiger partial charge >= 0.3 is 0 Å². The Morgan fingerprint density at radius 2 is 1.79 bits per heavy atom. The van der Waals surface area contributed by atoms with E-state index in [4.69, 9.17) is 14.5 Å². The first-order valence-corrected chi connectivity index (χ1v) is 9.88. The number of nitrogens with one attached hydrogen (secondary N) is 1. The van der Waals surface area contributed by atoms with Gasteiger partial charge in [-0.05, 0) is 42.7 Å². The first-order valence-electron chi connectivity index (χ1n) is 9.88. The molecule has 6 nitrogen and oxygen atoms in total. The van der Waals surface area contributed by atoms with E-state index in [1.165, 1.54) is 0 Å². The van der Waals surface area contributed by atoms with Crippen molar-refractivity contribution in [3.63, 3.8) is 0 Å². The third-order valence-electron chi connectivity index (χ3n) is 4.81. The van der Waals surface area contributed by atoms with Crippen LogP contribution in [0.2, 0.25) is 0 Å². The largest absolute Gasteiger partial charge is 0.493 e. The van der Waals surface area contributed by atoms with Crippen molar-refractivity contribution in [2.45, 2.75) is 39.8 Å². The molecule has 1 unspecified atom stereocenters. The molecule has 1 N–H and O–H groups in total. The van der Waals surface area contributed by atoms with E-state index in [1.807, 2.05) is 43.3 Å². The quantitative estimate of drug-likeness (QED) is 0.623. The zero-order valence-corrected chi connectivity index (χ0v) is 17.7. The first kappa shape index (κ1) is 20.7. The minimum atomic E-state index is -0.200. The van der Waals surface area contributed by atoms with Gasteiger partial charge in [-0.1, -0.05) is 32.0 Å². The molecule has 0 aliphatic carbocycles. The third kappa shape index (κ3) is 4.70. The standard InChI is InChI=1S/C23H29N3O3/c1-15(2)14-26-19-9-7-6-8-18(19)25-23(26)16(3)24-22(27)13-17-10-11-20(28-4)21(12-17)29-5/h6-12,15-16H,13-14H2,1-5H3,(H,24,27). The van der Waals surface area contributed by atoms with Gasteiger partial charge in [-0.2, -0.15) is 0 Å². The van der Waals surface area contributed by atoms with Crippen molar-refractivity contribution < 1.29 is 14.3 Å². The first-order chi connectivity index (χ1) is 13.9. The molecule has 0 spiro atoms. The number of aromatic nitrogens is 2. The highest BCUT2D eigenvalue weighted by molar-refractivity contribution is 5.80. The van der Waals surface area contributed by atoms with E-state index in [0.717, 1.165) is 29.0 Å². The molecular formula is C23H29N3O3. The summed E-state index contributed by atoms with van der Waals surface area (Å²) in [5, 5.41) is 3.09. The number of hydrogen-bond donors (Lipinski definition) is 1. The molecule has 0 saturated carbocycles. The molecule has 0 bridgehead atoms. The van der Waals surface area contributed by atoms with Crippen molar-refractivity contribution in [1.82, 2.24) is 14.9 Å². The smallest absolute Gasteiger partial charge is 0.224 e. The maximum atomic E-state index is 12.7. The summed E-state index contributed by atoms with van der Waals surface area (Å²) in [6.07, 6.45) is 0.259. The lowest BCUT2D eigenvalue weighted by Gasteiger charge is -2.18. The minimum absolute atomic E-state index is 0.0622. The summed E-state index contributed by atoms with van der Waals surface area (Å²) < 4.78 is 12.8. The van der Waals surface area contributed by atoms with Crippen LogP contribution in [0.1, 0.15) is 38.2 Å². The van der Waals surface area contributed by atoms with Crippen LogP contribution in [0, 0.1) is 5.92 Å². The summed E-state index contributed by atoms with van der Waals surface area (Å²) in [6, 6.07) is 13.4. The fourth-order valence-electron chi connectivity index (χ4n) is 3.51. The predicted octanol–water partition coefficient (Wildman–Crippen LogP) is 4.13. The van der Waals surface area contributed by atoms with Crippen molar-refractivity contribution in [3.8, 4) is 11.5 Å². The second-order valence-electron chi connectivity index (χ2n) is 7.62. The monoisotopic (exact) mass is 395 g/mol. The number of methoxy groups -OCH3 is 2. The van der Waals surface area contributed by atoms with Crippen molar-refractivity contribution in [2.75, 3.05) is 14.2 Å². The van der Waals surface area contributed by atoms with Gasteiger partial charge in [-0.15, -0.1) is 0 Å². The predicted molar refractivity (Wildman–Crippen MR) is 114 cm³/mol. The number of para-hydroxylation sites is 2. The normalized spacial score (nSPS) is 12.2. The number of ether oxygens (including phenoxy) is 2. The van der Waals surface area contributed by atoms with E-state index in [2.05, 4.69) is 29.8 Å². The van der Waals surface area contributed by atoms with Crippen LogP contribution in [0.4, 0.5) is 0 Å². The summed E-state index contributed by atoms with van der Waals surface area (Å²) in [5.41, 5.74) is 2.91. The molecule has 0 aliphatic heterocycles. The number of carbonyl (C=O) groups excluding carboxylic acids is 1. The Labute approximate surface area is 171 Å². The van der Waals surface area contributed by atoms with Gasteiger partial charge in [0.15, 0.2) is 11.5 Å². The third-order valence-corrected chi connectivity index (χ3v) is 4.81. The van der Waals surface area contributed by atoms with Crippen molar-refractivity contribution in [1.29, 1.82) is 0 Å². The summed E-state index contributed by atoms with van der Waals surface area (Å²) in [5.74, 6) is 2.55. The Bertz CT molecular complexity index is 994. The van der Waals surface area contributed by atoms with Crippen molar-refractivity contribution in [3.05, 3.63) is 53.9 Å². The SMILES string of the molecule is COc1ccc(CC(=O)NC(C)c2nc3ccccc3n2CC(C)C)cc1OC. The van der Waals surface area contributed by atoms with Crippen LogP contribution in [0.3, 0.4) is 0 Å². The van der Waals surface area contributed by atoms with Gasteiger partial charge < -0.3 is 19.4 Å². The van der Waals surface area contributed by atoms with Gasteiger partial charge in [0, 0.05) is 6.54 Å². The maximum Gasteiger partial charge on any atom is 0.224 e. The van der Waals surface area contributed by atoms with Crippen LogP contribution in [-0.4, -0.2) is 29.7 Å². The molecule has 1 amide bonds. The summed E-state index contributed by atoms with van der Waals surface area (Å²) >= 11 is 0. The second-order valence-corrected chi connectivity index (χ2v) is 7.62. The van der Waals surface area contributed by atoms with Crippen LogP contribution in [-0.2, 0) is 17.8 Å². The van der Waals surface area contributed by atoms with Crippen LogP contribution >= 0.6 is 0 Å². The topological polar surface area (TPSA) is 65.4 Å². The van der Waals surface area contributed by atoms with E-state index in [-0.39, 0.29) is 18.4 Å². The number of nitrogens with zero attached hydrogens (tertiary/aromatic N) is 2. The molecule has 154 valence electrons. The molecule has 3 rings (SSSR count). The minimum Gasteiger partial charge on any atom is -0.493 e. The zero-order chi connectivity index (χ0) is 21.0. The number of fused-ring (bicyclic) bond motifs is 1. The Hall–Kier alpha value is -3.02. The molecule has 3 aromatic rings.